The van der Waals surface area contributed by atoms with Crippen LogP contribution in [0.1, 0.15) is 28.1 Å². The molecule has 1 N–H and O–H groups in total. The van der Waals surface area contributed by atoms with E-state index in [1.165, 1.54) is 27.8 Å². The Morgan fingerprint density at radius 1 is 1.12 bits per heavy atom. The van der Waals surface area contributed by atoms with Gasteiger partial charge in [-0.15, -0.1) is 11.6 Å². The molecule has 0 unspecified atom stereocenters. The van der Waals surface area contributed by atoms with Gasteiger partial charge in [0, 0.05) is 5.56 Å². The van der Waals surface area contributed by atoms with Crippen molar-refractivity contribution in [2.75, 3.05) is 0 Å². The van der Waals surface area contributed by atoms with E-state index in [-0.39, 0.29) is 0 Å². The zero-order chi connectivity index (χ0) is 12.6. The van der Waals surface area contributed by atoms with Gasteiger partial charge in [0.05, 0.1) is 17.8 Å². The van der Waals surface area contributed by atoms with Crippen molar-refractivity contribution in [3.63, 3.8) is 0 Å². The van der Waals surface area contributed by atoms with Crippen LogP contribution in [0, 0.1) is 27.7 Å². The number of benzene rings is 1. The lowest BCUT2D eigenvalue weighted by atomic mass is 9.93. The molecular weight excluding hydrogens is 232 g/mol. The molecule has 90 valence electrons. The number of imidazole rings is 1. The van der Waals surface area contributed by atoms with Crippen LogP contribution >= 0.6 is 11.6 Å². The van der Waals surface area contributed by atoms with Crippen LogP contribution in [0.3, 0.4) is 0 Å². The molecule has 0 amide bonds. The van der Waals surface area contributed by atoms with Crippen molar-refractivity contribution in [1.82, 2.24) is 9.97 Å². The minimum absolute atomic E-state index is 0.420. The highest BCUT2D eigenvalue weighted by Gasteiger charge is 2.12. The summed E-state index contributed by atoms with van der Waals surface area (Å²) in [6, 6.07) is 2.23. The molecule has 0 saturated carbocycles. The average Bonchev–Trinajstić information content (AvgIpc) is 2.75. The van der Waals surface area contributed by atoms with E-state index < -0.39 is 0 Å². The lowest BCUT2D eigenvalue weighted by Crippen LogP contribution is -1.95. The van der Waals surface area contributed by atoms with Crippen LogP contribution in [-0.2, 0) is 5.88 Å². The first kappa shape index (κ1) is 12.2. The van der Waals surface area contributed by atoms with E-state index in [1.807, 2.05) is 6.20 Å². The van der Waals surface area contributed by atoms with Crippen molar-refractivity contribution >= 4 is 11.6 Å². The zero-order valence-electron chi connectivity index (χ0n) is 10.7. The maximum absolute atomic E-state index is 5.78. The number of nitrogens with zero attached hydrogens (tertiary/aromatic N) is 1. The fraction of sp³-hybridized carbons (Fsp3) is 0.357. The molecule has 0 saturated heterocycles. The molecule has 2 rings (SSSR count). The van der Waals surface area contributed by atoms with Gasteiger partial charge in [-0.1, -0.05) is 6.07 Å². The Labute approximate surface area is 107 Å². The second kappa shape index (κ2) is 4.53. The number of hydrogen-bond acceptors (Lipinski definition) is 1. The minimum Gasteiger partial charge on any atom is -0.341 e. The predicted molar refractivity (Wildman–Crippen MR) is 72.5 cm³/mol. The summed E-state index contributed by atoms with van der Waals surface area (Å²) in [4.78, 5) is 7.54. The molecule has 0 aliphatic carbocycles. The van der Waals surface area contributed by atoms with Crippen LogP contribution in [0.25, 0.3) is 11.3 Å². The van der Waals surface area contributed by atoms with E-state index in [4.69, 9.17) is 11.6 Å². The van der Waals surface area contributed by atoms with Gasteiger partial charge in [0.25, 0.3) is 0 Å². The molecule has 0 aliphatic rings. The molecule has 0 spiro atoms. The maximum Gasteiger partial charge on any atom is 0.121 e. The topological polar surface area (TPSA) is 28.7 Å². The predicted octanol–water partition coefficient (Wildman–Crippen LogP) is 4.05. The number of rotatable bonds is 2. The van der Waals surface area contributed by atoms with E-state index in [0.717, 1.165) is 11.5 Å². The third kappa shape index (κ3) is 2.09. The summed E-state index contributed by atoms with van der Waals surface area (Å²) in [7, 11) is 0. The van der Waals surface area contributed by atoms with Crippen molar-refractivity contribution in [2.45, 2.75) is 33.6 Å². The van der Waals surface area contributed by atoms with Crippen LogP contribution in [0.2, 0.25) is 0 Å². The lowest BCUT2D eigenvalue weighted by molar-refractivity contribution is 1.11. The molecule has 0 aliphatic heterocycles. The Morgan fingerprint density at radius 3 is 2.18 bits per heavy atom. The number of alkyl halides is 1. The molecule has 17 heavy (non-hydrogen) atoms. The van der Waals surface area contributed by atoms with Crippen LogP contribution in [-0.4, -0.2) is 9.97 Å². The van der Waals surface area contributed by atoms with E-state index in [2.05, 4.69) is 43.7 Å². The summed E-state index contributed by atoms with van der Waals surface area (Å²) in [6.45, 7) is 8.59. The van der Waals surface area contributed by atoms with Crippen molar-refractivity contribution in [2.24, 2.45) is 0 Å². The monoisotopic (exact) mass is 248 g/mol. The zero-order valence-corrected chi connectivity index (χ0v) is 11.4. The number of nitrogens with one attached hydrogen (secondary N) is 1. The van der Waals surface area contributed by atoms with Gasteiger partial charge >= 0.3 is 0 Å². The minimum atomic E-state index is 0.420. The van der Waals surface area contributed by atoms with Gasteiger partial charge < -0.3 is 4.98 Å². The SMILES string of the molecule is Cc1cc(C)c(C)c(-c2cnc(CCl)[nH]2)c1C. The highest BCUT2D eigenvalue weighted by Crippen LogP contribution is 2.30. The second-order valence-electron chi connectivity index (χ2n) is 4.51. The van der Waals surface area contributed by atoms with E-state index >= 15 is 0 Å². The largest absolute Gasteiger partial charge is 0.341 e. The number of aromatic amines is 1. The van der Waals surface area contributed by atoms with Crippen molar-refractivity contribution in [1.29, 1.82) is 0 Å². The standard InChI is InChI=1S/C14H17ClN2/c1-8-5-9(2)11(4)14(10(8)3)12-7-16-13(6-15)17-12/h5,7H,6H2,1-4H3,(H,16,17). The molecule has 1 aromatic carbocycles. The summed E-state index contributed by atoms with van der Waals surface area (Å²) in [5, 5.41) is 0. The lowest BCUT2D eigenvalue weighted by Gasteiger charge is -2.13. The van der Waals surface area contributed by atoms with Gasteiger partial charge in [0.15, 0.2) is 0 Å². The summed E-state index contributed by atoms with van der Waals surface area (Å²) in [5.41, 5.74) is 7.54. The smallest absolute Gasteiger partial charge is 0.121 e. The van der Waals surface area contributed by atoms with Gasteiger partial charge in [0.1, 0.15) is 5.82 Å². The van der Waals surface area contributed by atoms with Crippen LogP contribution in [0.15, 0.2) is 12.3 Å². The third-order valence-electron chi connectivity index (χ3n) is 3.39. The first-order valence-electron chi connectivity index (χ1n) is 5.72. The van der Waals surface area contributed by atoms with E-state index in [9.17, 15) is 0 Å². The van der Waals surface area contributed by atoms with E-state index in [1.54, 1.807) is 0 Å². The Morgan fingerprint density at radius 2 is 1.71 bits per heavy atom. The van der Waals surface area contributed by atoms with Gasteiger partial charge in [-0.25, -0.2) is 4.98 Å². The molecule has 0 radical (unpaired) electrons. The summed E-state index contributed by atoms with van der Waals surface area (Å²) < 4.78 is 0. The van der Waals surface area contributed by atoms with Crippen molar-refractivity contribution in [3.05, 3.63) is 40.3 Å². The maximum atomic E-state index is 5.78. The average molecular weight is 249 g/mol. The summed E-state index contributed by atoms with van der Waals surface area (Å²) in [5.74, 6) is 1.24. The number of aryl methyl sites for hydroxylation is 2. The molecule has 1 aromatic heterocycles. The molecular formula is C14H17ClN2. The Hall–Kier alpha value is -1.28. The van der Waals surface area contributed by atoms with Crippen LogP contribution in [0.5, 0.6) is 0 Å². The van der Waals surface area contributed by atoms with Crippen molar-refractivity contribution < 1.29 is 0 Å². The van der Waals surface area contributed by atoms with Crippen molar-refractivity contribution in [3.8, 4) is 11.3 Å². The number of H-pyrrole nitrogens is 1. The molecule has 0 fully saturated rings. The van der Waals surface area contributed by atoms with Crippen LogP contribution < -0.4 is 0 Å². The number of halogens is 1. The number of hydrogen-bond donors (Lipinski definition) is 1. The summed E-state index contributed by atoms with van der Waals surface area (Å²) in [6.07, 6.45) is 1.87. The third-order valence-corrected chi connectivity index (χ3v) is 3.64. The highest BCUT2D eigenvalue weighted by atomic mass is 35.5. The van der Waals surface area contributed by atoms with E-state index in [0.29, 0.717) is 5.88 Å². The van der Waals surface area contributed by atoms with Gasteiger partial charge in [-0.2, -0.15) is 0 Å². The second-order valence-corrected chi connectivity index (χ2v) is 4.78. The highest BCUT2D eigenvalue weighted by molar-refractivity contribution is 6.16. The molecule has 2 nitrogen and oxygen atoms in total. The van der Waals surface area contributed by atoms with Gasteiger partial charge in [0.2, 0.25) is 0 Å². The normalized spacial score (nSPS) is 10.9. The molecule has 0 atom stereocenters. The molecule has 1 heterocycles. The molecule has 2 aromatic rings. The Kier molecular flexibility index (Phi) is 3.25. The Balaban J connectivity index is 2.65. The quantitative estimate of drug-likeness (QED) is 0.798. The first-order chi connectivity index (χ1) is 8.04. The van der Waals surface area contributed by atoms with Gasteiger partial charge in [-0.3, -0.25) is 0 Å². The fourth-order valence-electron chi connectivity index (χ4n) is 2.18. The number of aromatic nitrogens is 2. The molecule has 3 heteroatoms. The summed E-state index contributed by atoms with van der Waals surface area (Å²) >= 11 is 5.78. The van der Waals surface area contributed by atoms with Gasteiger partial charge in [-0.05, 0) is 49.9 Å². The fourth-order valence-corrected chi connectivity index (χ4v) is 2.31. The Bertz CT molecular complexity index is 529. The first-order valence-corrected chi connectivity index (χ1v) is 6.25. The van der Waals surface area contributed by atoms with Crippen LogP contribution in [0.4, 0.5) is 0 Å². The molecule has 0 bridgehead atoms.